The van der Waals surface area contributed by atoms with Gasteiger partial charge < -0.3 is 15.1 Å². The molecule has 4 nitrogen and oxygen atoms in total. The van der Waals surface area contributed by atoms with Crippen LogP contribution >= 0.6 is 11.6 Å². The molecule has 0 saturated carbocycles. The van der Waals surface area contributed by atoms with Gasteiger partial charge in [0, 0.05) is 16.4 Å². The Labute approximate surface area is 173 Å². The number of carbonyl (C=O) groups excluding carboxylic acids is 1. The Morgan fingerprint density at radius 3 is 2.54 bits per heavy atom. The van der Waals surface area contributed by atoms with Crippen LogP contribution in [-0.4, -0.2) is 38.1 Å². The maximum Gasteiger partial charge on any atom is 0.282 e. The van der Waals surface area contributed by atoms with E-state index in [2.05, 4.69) is 36.2 Å². The van der Waals surface area contributed by atoms with Gasteiger partial charge in [-0.25, -0.2) is 0 Å². The van der Waals surface area contributed by atoms with Crippen LogP contribution in [0.2, 0.25) is 5.02 Å². The summed E-state index contributed by atoms with van der Waals surface area (Å²) in [7, 11) is 0. The first-order chi connectivity index (χ1) is 13.5. The van der Waals surface area contributed by atoms with E-state index in [1.54, 1.807) is 0 Å². The molecule has 0 radical (unpaired) electrons. The zero-order valence-electron chi connectivity index (χ0n) is 17.0. The average molecular weight is 401 g/mol. The lowest BCUT2D eigenvalue weighted by Gasteiger charge is -2.36. The third-order valence-corrected chi connectivity index (χ3v) is 6.18. The van der Waals surface area contributed by atoms with Gasteiger partial charge in [0.15, 0.2) is 6.04 Å². The number of benzene rings is 2. The summed E-state index contributed by atoms with van der Waals surface area (Å²) in [5, 5.41) is 3.95. The van der Waals surface area contributed by atoms with Crippen LogP contribution in [0.15, 0.2) is 48.5 Å². The maximum atomic E-state index is 12.9. The zero-order valence-corrected chi connectivity index (χ0v) is 17.8. The molecule has 3 rings (SSSR count). The number of anilines is 2. The molecule has 0 spiro atoms. The van der Waals surface area contributed by atoms with E-state index >= 15 is 0 Å². The van der Waals surface area contributed by atoms with Crippen LogP contribution in [0.5, 0.6) is 0 Å². The normalized spacial score (nSPS) is 17.2. The molecule has 2 N–H and O–H groups in total. The van der Waals surface area contributed by atoms with E-state index in [1.807, 2.05) is 43.3 Å². The number of quaternary nitrogens is 1. The molecular formula is C23H31ClN3O+. The number of nitrogens with one attached hydrogen (secondary N) is 2. The Morgan fingerprint density at radius 1 is 1.14 bits per heavy atom. The van der Waals surface area contributed by atoms with Crippen molar-refractivity contribution in [2.24, 2.45) is 0 Å². The second-order valence-corrected chi connectivity index (χ2v) is 8.17. The van der Waals surface area contributed by atoms with E-state index in [-0.39, 0.29) is 11.9 Å². The number of carbonyl (C=O) groups is 1. The van der Waals surface area contributed by atoms with Crippen LogP contribution in [0.3, 0.4) is 0 Å². The highest BCUT2D eigenvalue weighted by atomic mass is 35.5. The van der Waals surface area contributed by atoms with Gasteiger partial charge in [0.2, 0.25) is 0 Å². The van der Waals surface area contributed by atoms with Crippen LogP contribution in [0.4, 0.5) is 11.4 Å². The Bertz CT molecular complexity index is 802. The molecule has 0 aliphatic carbocycles. The van der Waals surface area contributed by atoms with Gasteiger partial charge in [0.25, 0.3) is 5.91 Å². The molecule has 1 aliphatic rings. The fourth-order valence-corrected chi connectivity index (χ4v) is 4.03. The van der Waals surface area contributed by atoms with Gasteiger partial charge in [-0.3, -0.25) is 4.79 Å². The van der Waals surface area contributed by atoms with Gasteiger partial charge in [0.1, 0.15) is 0 Å². The second kappa shape index (κ2) is 9.44. The summed E-state index contributed by atoms with van der Waals surface area (Å²) >= 11 is 6.12. The standard InChI is InChI=1S/C23H30ClN3O/c1-4-17(2)21-10-5-6-11-22(21)25-23(28)18(3)26-12-14-27(15-13-26)20-9-7-8-19(24)16-20/h5-11,16-18H,4,12-15H2,1-3H3,(H,25,28)/p+1/t17-,18-/m0/s1. The van der Waals surface area contributed by atoms with Crippen LogP contribution in [-0.2, 0) is 4.79 Å². The fourth-order valence-electron chi connectivity index (χ4n) is 3.84. The summed E-state index contributed by atoms with van der Waals surface area (Å²) in [5.41, 5.74) is 3.32. The topological polar surface area (TPSA) is 36.8 Å². The minimum atomic E-state index is -0.0773. The van der Waals surface area contributed by atoms with E-state index in [0.29, 0.717) is 5.92 Å². The van der Waals surface area contributed by atoms with E-state index in [4.69, 9.17) is 11.6 Å². The number of nitrogens with zero attached hydrogens (tertiary/aromatic N) is 1. The molecule has 1 saturated heterocycles. The summed E-state index contributed by atoms with van der Waals surface area (Å²) in [6, 6.07) is 16.1. The van der Waals surface area contributed by atoms with Gasteiger partial charge in [-0.1, -0.05) is 49.7 Å². The largest absolute Gasteiger partial charge is 0.360 e. The summed E-state index contributed by atoms with van der Waals surface area (Å²) in [6.07, 6.45) is 1.05. The highest BCUT2D eigenvalue weighted by Gasteiger charge is 2.29. The van der Waals surface area contributed by atoms with Crippen molar-refractivity contribution in [3.05, 3.63) is 59.1 Å². The SMILES string of the molecule is CC[C@H](C)c1ccccc1NC(=O)[C@H](C)[NH+]1CCN(c2cccc(Cl)c2)CC1. The average Bonchev–Trinajstić information content (AvgIpc) is 2.73. The lowest BCUT2D eigenvalue weighted by molar-refractivity contribution is -0.914. The summed E-state index contributed by atoms with van der Waals surface area (Å²) in [6.45, 7) is 10.1. The molecule has 2 aromatic carbocycles. The Hall–Kier alpha value is -2.04. The highest BCUT2D eigenvalue weighted by molar-refractivity contribution is 6.30. The van der Waals surface area contributed by atoms with Crippen molar-refractivity contribution in [1.29, 1.82) is 0 Å². The first-order valence-corrected chi connectivity index (χ1v) is 10.6. The summed E-state index contributed by atoms with van der Waals surface area (Å²) in [4.78, 5) is 16.6. The van der Waals surface area contributed by atoms with Crippen molar-refractivity contribution in [2.45, 2.75) is 39.2 Å². The van der Waals surface area contributed by atoms with Gasteiger partial charge in [-0.05, 0) is 49.1 Å². The van der Waals surface area contributed by atoms with Gasteiger partial charge in [-0.2, -0.15) is 0 Å². The van der Waals surface area contributed by atoms with Gasteiger partial charge in [-0.15, -0.1) is 0 Å². The van der Waals surface area contributed by atoms with E-state index in [0.717, 1.165) is 49.0 Å². The minimum Gasteiger partial charge on any atom is -0.360 e. The first kappa shape index (κ1) is 20.7. The second-order valence-electron chi connectivity index (χ2n) is 7.73. The number of hydrogen-bond donors (Lipinski definition) is 2. The molecule has 0 aromatic heterocycles. The Balaban J connectivity index is 1.59. The molecule has 1 aliphatic heterocycles. The number of hydrogen-bond acceptors (Lipinski definition) is 2. The molecule has 28 heavy (non-hydrogen) atoms. The monoisotopic (exact) mass is 400 g/mol. The maximum absolute atomic E-state index is 12.9. The fraction of sp³-hybridized carbons (Fsp3) is 0.435. The predicted octanol–water partition coefficient (Wildman–Crippen LogP) is 3.59. The van der Waals surface area contributed by atoms with Crippen LogP contribution < -0.4 is 15.1 Å². The molecule has 1 amide bonds. The molecule has 2 atom stereocenters. The molecule has 0 bridgehead atoms. The van der Waals surface area contributed by atoms with Gasteiger partial charge >= 0.3 is 0 Å². The number of para-hydroxylation sites is 1. The molecule has 0 unspecified atom stereocenters. The van der Waals surface area contributed by atoms with Crippen molar-refractivity contribution in [3.63, 3.8) is 0 Å². The van der Waals surface area contributed by atoms with Crippen molar-refractivity contribution in [2.75, 3.05) is 36.4 Å². The minimum absolute atomic E-state index is 0.0773. The van der Waals surface area contributed by atoms with Crippen LogP contribution in [0.1, 0.15) is 38.7 Å². The zero-order chi connectivity index (χ0) is 20.1. The predicted molar refractivity (Wildman–Crippen MR) is 118 cm³/mol. The number of halogens is 1. The van der Waals surface area contributed by atoms with Crippen molar-refractivity contribution < 1.29 is 9.69 Å². The van der Waals surface area contributed by atoms with Crippen molar-refractivity contribution in [1.82, 2.24) is 0 Å². The van der Waals surface area contributed by atoms with Crippen LogP contribution in [0.25, 0.3) is 0 Å². The van der Waals surface area contributed by atoms with E-state index < -0.39 is 0 Å². The Kier molecular flexibility index (Phi) is 6.97. The lowest BCUT2D eigenvalue weighted by atomic mass is 9.97. The third-order valence-electron chi connectivity index (χ3n) is 5.95. The van der Waals surface area contributed by atoms with E-state index in [1.165, 1.54) is 10.5 Å². The van der Waals surface area contributed by atoms with Crippen molar-refractivity contribution in [3.8, 4) is 0 Å². The molecule has 5 heteroatoms. The quantitative estimate of drug-likeness (QED) is 0.777. The third kappa shape index (κ3) is 4.86. The van der Waals surface area contributed by atoms with Gasteiger partial charge in [0.05, 0.1) is 26.2 Å². The summed E-state index contributed by atoms with van der Waals surface area (Å²) < 4.78 is 0. The Morgan fingerprint density at radius 2 is 1.86 bits per heavy atom. The molecular weight excluding hydrogens is 370 g/mol. The number of amides is 1. The van der Waals surface area contributed by atoms with Crippen molar-refractivity contribution >= 4 is 28.9 Å². The van der Waals surface area contributed by atoms with E-state index in [9.17, 15) is 4.79 Å². The summed E-state index contributed by atoms with van der Waals surface area (Å²) in [5.74, 6) is 0.530. The molecule has 2 aromatic rings. The first-order valence-electron chi connectivity index (χ1n) is 10.2. The molecule has 1 fully saturated rings. The van der Waals surface area contributed by atoms with Crippen LogP contribution in [0, 0.1) is 0 Å². The molecule has 150 valence electrons. The smallest absolute Gasteiger partial charge is 0.282 e. The molecule has 1 heterocycles. The lowest BCUT2D eigenvalue weighted by Crippen LogP contribution is -3.19. The number of rotatable bonds is 6. The number of piperazine rings is 1. The highest BCUT2D eigenvalue weighted by Crippen LogP contribution is 2.26.